The van der Waals surface area contributed by atoms with E-state index in [2.05, 4.69) is 32.0 Å². The van der Waals surface area contributed by atoms with E-state index in [0.29, 0.717) is 13.0 Å². The Bertz CT molecular complexity index is 592. The van der Waals surface area contributed by atoms with E-state index >= 15 is 0 Å². The number of hydrogen-bond donors (Lipinski definition) is 1. The number of thiophene rings is 1. The van der Waals surface area contributed by atoms with Crippen molar-refractivity contribution in [3.8, 4) is 0 Å². The van der Waals surface area contributed by atoms with Crippen LogP contribution in [0.15, 0.2) is 22.2 Å². The maximum atomic E-state index is 11.9. The molecule has 1 aliphatic heterocycles. The van der Waals surface area contributed by atoms with Crippen molar-refractivity contribution in [2.24, 2.45) is 0 Å². The monoisotopic (exact) mass is 337 g/mol. The van der Waals surface area contributed by atoms with Gasteiger partial charge in [-0.2, -0.15) is 11.3 Å². The summed E-state index contributed by atoms with van der Waals surface area (Å²) in [6.07, 6.45) is 1.23. The molecule has 0 unspecified atom stereocenters. The standard InChI is InChI=1S/C15H19N3O2S2/c19-14(16-3-1-12-2-8-21-10-12)9-13-11-22-15(17-13)18-4-6-20-7-5-18/h2,8,10-11H,1,3-7,9H2,(H,16,19). The van der Waals surface area contributed by atoms with E-state index in [4.69, 9.17) is 4.74 Å². The average Bonchev–Trinajstić information content (AvgIpc) is 3.20. The summed E-state index contributed by atoms with van der Waals surface area (Å²) >= 11 is 3.28. The molecule has 7 heteroatoms. The number of nitrogens with zero attached hydrogens (tertiary/aromatic N) is 2. The van der Waals surface area contributed by atoms with E-state index < -0.39 is 0 Å². The molecule has 0 radical (unpaired) electrons. The lowest BCUT2D eigenvalue weighted by Crippen LogP contribution is -2.36. The summed E-state index contributed by atoms with van der Waals surface area (Å²) in [4.78, 5) is 18.7. The normalized spacial score (nSPS) is 15.0. The number of carbonyl (C=O) groups excluding carboxylic acids is 1. The summed E-state index contributed by atoms with van der Waals surface area (Å²) in [6.45, 7) is 3.92. The number of hydrogen-bond acceptors (Lipinski definition) is 6. The molecule has 1 aliphatic rings. The molecule has 1 fully saturated rings. The van der Waals surface area contributed by atoms with Crippen molar-refractivity contribution in [2.75, 3.05) is 37.7 Å². The van der Waals surface area contributed by atoms with E-state index in [1.165, 1.54) is 5.56 Å². The van der Waals surface area contributed by atoms with Crippen LogP contribution in [0.4, 0.5) is 5.13 Å². The predicted octanol–water partition coefficient (Wildman–Crippen LogP) is 1.94. The lowest BCUT2D eigenvalue weighted by atomic mass is 10.2. The molecule has 1 amide bonds. The van der Waals surface area contributed by atoms with Crippen LogP contribution in [0.5, 0.6) is 0 Å². The first-order valence-electron chi connectivity index (χ1n) is 7.36. The molecule has 0 aromatic carbocycles. The van der Waals surface area contributed by atoms with Gasteiger partial charge in [0.1, 0.15) is 0 Å². The smallest absolute Gasteiger partial charge is 0.226 e. The van der Waals surface area contributed by atoms with Crippen LogP contribution in [0, 0.1) is 0 Å². The highest BCUT2D eigenvalue weighted by Crippen LogP contribution is 2.21. The molecular weight excluding hydrogens is 318 g/mol. The van der Waals surface area contributed by atoms with Crippen LogP contribution in [0.3, 0.4) is 0 Å². The first kappa shape index (κ1) is 15.5. The van der Waals surface area contributed by atoms with Crippen LogP contribution in [0.2, 0.25) is 0 Å². The SMILES string of the molecule is O=C(Cc1csc(N2CCOCC2)n1)NCCc1ccsc1. The van der Waals surface area contributed by atoms with Gasteiger partial charge in [-0.25, -0.2) is 4.98 Å². The van der Waals surface area contributed by atoms with E-state index in [1.807, 2.05) is 5.38 Å². The van der Waals surface area contributed by atoms with Crippen molar-refractivity contribution in [1.29, 1.82) is 0 Å². The van der Waals surface area contributed by atoms with Crippen molar-refractivity contribution in [3.05, 3.63) is 33.5 Å². The lowest BCUT2D eigenvalue weighted by Gasteiger charge is -2.26. The third kappa shape index (κ3) is 4.28. The van der Waals surface area contributed by atoms with Gasteiger partial charge in [0.2, 0.25) is 5.91 Å². The molecule has 1 saturated heterocycles. The second-order valence-corrected chi connectivity index (χ2v) is 6.75. The average molecular weight is 337 g/mol. The number of morpholine rings is 1. The van der Waals surface area contributed by atoms with Crippen LogP contribution in [0.25, 0.3) is 0 Å². The molecule has 3 rings (SSSR count). The van der Waals surface area contributed by atoms with Crippen LogP contribution < -0.4 is 10.2 Å². The molecule has 5 nitrogen and oxygen atoms in total. The summed E-state index contributed by atoms with van der Waals surface area (Å²) < 4.78 is 5.34. The predicted molar refractivity (Wildman–Crippen MR) is 89.9 cm³/mol. The molecule has 22 heavy (non-hydrogen) atoms. The van der Waals surface area contributed by atoms with Crippen molar-refractivity contribution >= 4 is 33.7 Å². The zero-order valence-corrected chi connectivity index (χ0v) is 13.9. The second-order valence-electron chi connectivity index (χ2n) is 5.13. The zero-order chi connectivity index (χ0) is 15.2. The number of amides is 1. The number of thiazole rings is 1. The topological polar surface area (TPSA) is 54.5 Å². The van der Waals surface area contributed by atoms with Crippen molar-refractivity contribution < 1.29 is 9.53 Å². The minimum Gasteiger partial charge on any atom is -0.378 e. The Hall–Kier alpha value is -1.44. The molecular formula is C15H19N3O2S2. The number of rotatable bonds is 6. The Labute approximate surface area is 137 Å². The van der Waals surface area contributed by atoms with Gasteiger partial charge < -0.3 is 15.0 Å². The molecule has 2 aromatic rings. The van der Waals surface area contributed by atoms with Crippen molar-refractivity contribution in [1.82, 2.24) is 10.3 Å². The molecule has 0 aliphatic carbocycles. The van der Waals surface area contributed by atoms with Gasteiger partial charge in [-0.3, -0.25) is 4.79 Å². The van der Waals surface area contributed by atoms with Gasteiger partial charge in [0.05, 0.1) is 25.3 Å². The molecule has 0 spiro atoms. The maximum absolute atomic E-state index is 11.9. The first-order chi connectivity index (χ1) is 10.8. The number of anilines is 1. The van der Waals surface area contributed by atoms with Gasteiger partial charge in [-0.15, -0.1) is 11.3 Å². The van der Waals surface area contributed by atoms with Crippen LogP contribution in [-0.4, -0.2) is 43.7 Å². The molecule has 3 heterocycles. The highest BCUT2D eigenvalue weighted by Gasteiger charge is 2.15. The van der Waals surface area contributed by atoms with Gasteiger partial charge >= 0.3 is 0 Å². The Morgan fingerprint density at radius 3 is 3.00 bits per heavy atom. The fraction of sp³-hybridized carbons (Fsp3) is 0.467. The number of carbonyl (C=O) groups is 1. The Morgan fingerprint density at radius 2 is 2.23 bits per heavy atom. The Kier molecular flexibility index (Phi) is 5.42. The van der Waals surface area contributed by atoms with Gasteiger partial charge in [-0.1, -0.05) is 0 Å². The quantitative estimate of drug-likeness (QED) is 0.875. The third-order valence-corrected chi connectivity index (χ3v) is 5.16. The molecule has 1 N–H and O–H groups in total. The summed E-state index contributed by atoms with van der Waals surface area (Å²) in [5, 5.41) is 10.1. The highest BCUT2D eigenvalue weighted by atomic mass is 32.1. The fourth-order valence-electron chi connectivity index (χ4n) is 2.29. The molecule has 118 valence electrons. The minimum atomic E-state index is 0.0362. The molecule has 0 saturated carbocycles. The summed E-state index contributed by atoms with van der Waals surface area (Å²) in [7, 11) is 0. The first-order valence-corrected chi connectivity index (χ1v) is 9.18. The van der Waals surface area contributed by atoms with E-state index in [9.17, 15) is 4.79 Å². The minimum absolute atomic E-state index is 0.0362. The lowest BCUT2D eigenvalue weighted by molar-refractivity contribution is -0.120. The fourth-order valence-corrected chi connectivity index (χ4v) is 3.87. The molecule has 0 bridgehead atoms. The van der Waals surface area contributed by atoms with Crippen LogP contribution in [0.1, 0.15) is 11.3 Å². The Morgan fingerprint density at radius 1 is 1.36 bits per heavy atom. The largest absolute Gasteiger partial charge is 0.378 e. The maximum Gasteiger partial charge on any atom is 0.226 e. The molecule has 2 aromatic heterocycles. The van der Waals surface area contributed by atoms with Crippen LogP contribution >= 0.6 is 22.7 Å². The third-order valence-electron chi connectivity index (χ3n) is 3.48. The van der Waals surface area contributed by atoms with Crippen molar-refractivity contribution in [3.63, 3.8) is 0 Å². The summed E-state index contributed by atoms with van der Waals surface area (Å²) in [5.41, 5.74) is 2.12. The number of aromatic nitrogens is 1. The van der Waals surface area contributed by atoms with Crippen LogP contribution in [-0.2, 0) is 22.4 Å². The number of nitrogens with one attached hydrogen (secondary N) is 1. The Balaban J connectivity index is 1.44. The summed E-state index contributed by atoms with van der Waals surface area (Å²) in [5.74, 6) is 0.0362. The molecule has 0 atom stereocenters. The van der Waals surface area contributed by atoms with E-state index in [-0.39, 0.29) is 5.91 Å². The van der Waals surface area contributed by atoms with Gasteiger partial charge in [0.25, 0.3) is 0 Å². The van der Waals surface area contributed by atoms with Gasteiger partial charge in [0.15, 0.2) is 5.13 Å². The van der Waals surface area contributed by atoms with E-state index in [1.54, 1.807) is 22.7 Å². The zero-order valence-electron chi connectivity index (χ0n) is 12.3. The van der Waals surface area contributed by atoms with Crippen molar-refractivity contribution in [2.45, 2.75) is 12.8 Å². The number of ether oxygens (including phenoxy) is 1. The van der Waals surface area contributed by atoms with E-state index in [0.717, 1.165) is 43.5 Å². The second kappa shape index (κ2) is 7.71. The summed E-state index contributed by atoms with van der Waals surface area (Å²) in [6, 6.07) is 2.09. The highest BCUT2D eigenvalue weighted by molar-refractivity contribution is 7.13. The van der Waals surface area contributed by atoms with Gasteiger partial charge in [-0.05, 0) is 28.8 Å². The van der Waals surface area contributed by atoms with Gasteiger partial charge in [0, 0.05) is 25.0 Å².